The van der Waals surface area contributed by atoms with E-state index in [9.17, 15) is 9.59 Å². The van der Waals surface area contributed by atoms with Crippen molar-refractivity contribution in [1.82, 2.24) is 4.90 Å². The van der Waals surface area contributed by atoms with Crippen LogP contribution >= 0.6 is 0 Å². The molecule has 0 aliphatic carbocycles. The van der Waals surface area contributed by atoms with Gasteiger partial charge in [-0.25, -0.2) is 0 Å². The molecule has 0 aromatic rings. The van der Waals surface area contributed by atoms with Gasteiger partial charge in [0.2, 0.25) is 5.91 Å². The molecule has 0 aliphatic rings. The molecule has 0 saturated carbocycles. The maximum absolute atomic E-state index is 12.0. The Morgan fingerprint density at radius 3 is 2.26 bits per heavy atom. The number of carbonyl (C=O) groups excluding carboxylic acids is 2. The molecule has 6 nitrogen and oxygen atoms in total. The van der Waals surface area contributed by atoms with E-state index >= 15 is 0 Å². The highest BCUT2D eigenvalue weighted by Gasteiger charge is 2.15. The van der Waals surface area contributed by atoms with E-state index < -0.39 is 0 Å². The number of rotatable bonds is 11. The number of methoxy groups -OCH3 is 2. The highest BCUT2D eigenvalue weighted by Crippen LogP contribution is 2.02. The number of carbonyl (C=O) groups is 2. The first-order valence-corrected chi connectivity index (χ1v) is 6.57. The minimum Gasteiger partial charge on any atom is -0.466 e. The minimum absolute atomic E-state index is 0.0544. The van der Waals surface area contributed by atoms with Gasteiger partial charge < -0.3 is 19.1 Å². The highest BCUT2D eigenvalue weighted by molar-refractivity contribution is 5.81. The Balaban J connectivity index is 4.08. The molecule has 0 bridgehead atoms. The predicted octanol–water partition coefficient (Wildman–Crippen LogP) is 0.841. The summed E-state index contributed by atoms with van der Waals surface area (Å²) in [6.07, 6.45) is 1.07. The molecular weight excluding hydrogens is 250 g/mol. The SMILES string of the molecule is CCOC(=O)CCC(=O)N(CCCOC)CCOC. The van der Waals surface area contributed by atoms with Gasteiger partial charge in [-0.1, -0.05) is 0 Å². The predicted molar refractivity (Wildman–Crippen MR) is 70.8 cm³/mol. The number of hydrogen-bond acceptors (Lipinski definition) is 5. The number of esters is 1. The summed E-state index contributed by atoms with van der Waals surface area (Å²) < 4.78 is 14.7. The van der Waals surface area contributed by atoms with Crippen LogP contribution in [0.3, 0.4) is 0 Å². The van der Waals surface area contributed by atoms with Crippen molar-refractivity contribution >= 4 is 11.9 Å². The molecule has 0 heterocycles. The maximum atomic E-state index is 12.0. The molecule has 0 saturated heterocycles. The lowest BCUT2D eigenvalue weighted by Crippen LogP contribution is -2.35. The van der Waals surface area contributed by atoms with Gasteiger partial charge in [-0.15, -0.1) is 0 Å². The molecule has 0 radical (unpaired) electrons. The Morgan fingerprint density at radius 1 is 1.00 bits per heavy atom. The average Bonchev–Trinajstić information content (AvgIpc) is 2.40. The van der Waals surface area contributed by atoms with Gasteiger partial charge in [0.15, 0.2) is 0 Å². The molecule has 0 N–H and O–H groups in total. The Bertz CT molecular complexity index is 257. The smallest absolute Gasteiger partial charge is 0.306 e. The van der Waals surface area contributed by atoms with Gasteiger partial charge in [-0.2, -0.15) is 0 Å². The van der Waals surface area contributed by atoms with E-state index in [1.54, 1.807) is 26.0 Å². The van der Waals surface area contributed by atoms with Gasteiger partial charge in [0.05, 0.1) is 19.6 Å². The van der Waals surface area contributed by atoms with Crippen molar-refractivity contribution in [2.75, 3.05) is 47.1 Å². The second kappa shape index (κ2) is 11.9. The molecule has 0 unspecified atom stereocenters. The fourth-order valence-electron chi connectivity index (χ4n) is 1.56. The molecule has 112 valence electrons. The molecule has 6 heteroatoms. The van der Waals surface area contributed by atoms with Crippen LogP contribution in [-0.4, -0.2) is 63.9 Å². The molecule has 0 fully saturated rings. The lowest BCUT2D eigenvalue weighted by atomic mass is 10.2. The van der Waals surface area contributed by atoms with Crippen LogP contribution in [0.1, 0.15) is 26.2 Å². The first-order chi connectivity index (χ1) is 9.15. The lowest BCUT2D eigenvalue weighted by molar-refractivity contribution is -0.145. The van der Waals surface area contributed by atoms with E-state index in [-0.39, 0.29) is 24.7 Å². The first kappa shape index (κ1) is 17.9. The van der Waals surface area contributed by atoms with E-state index in [0.717, 1.165) is 6.42 Å². The summed E-state index contributed by atoms with van der Waals surface area (Å²) in [6, 6.07) is 0. The van der Waals surface area contributed by atoms with Crippen LogP contribution in [0.4, 0.5) is 0 Å². The summed E-state index contributed by atoms with van der Waals surface area (Å²) >= 11 is 0. The normalized spacial score (nSPS) is 10.3. The van der Waals surface area contributed by atoms with E-state index in [4.69, 9.17) is 14.2 Å². The fourth-order valence-corrected chi connectivity index (χ4v) is 1.56. The van der Waals surface area contributed by atoms with Crippen molar-refractivity contribution in [3.63, 3.8) is 0 Å². The van der Waals surface area contributed by atoms with Crippen molar-refractivity contribution in [1.29, 1.82) is 0 Å². The monoisotopic (exact) mass is 275 g/mol. The Morgan fingerprint density at radius 2 is 1.68 bits per heavy atom. The third kappa shape index (κ3) is 9.44. The van der Waals surface area contributed by atoms with Crippen molar-refractivity contribution in [3.8, 4) is 0 Å². The second-order valence-electron chi connectivity index (χ2n) is 4.02. The van der Waals surface area contributed by atoms with E-state index in [0.29, 0.717) is 32.9 Å². The number of nitrogens with zero attached hydrogens (tertiary/aromatic N) is 1. The Hall–Kier alpha value is -1.14. The van der Waals surface area contributed by atoms with E-state index in [1.807, 2.05) is 0 Å². The largest absolute Gasteiger partial charge is 0.466 e. The quantitative estimate of drug-likeness (QED) is 0.413. The van der Waals surface area contributed by atoms with Crippen LogP contribution in [0.5, 0.6) is 0 Å². The topological polar surface area (TPSA) is 65.1 Å². The average molecular weight is 275 g/mol. The summed E-state index contributed by atoms with van der Waals surface area (Å²) in [6.45, 7) is 4.32. The van der Waals surface area contributed by atoms with Crippen molar-refractivity contribution in [2.45, 2.75) is 26.2 Å². The minimum atomic E-state index is -0.334. The standard InChI is InChI=1S/C13H25NO5/c1-4-19-13(16)7-6-12(15)14(9-11-18-3)8-5-10-17-2/h4-11H2,1-3H3. The summed E-state index contributed by atoms with van der Waals surface area (Å²) in [5.74, 6) is -0.388. The number of amides is 1. The molecule has 0 aliphatic heterocycles. The summed E-state index contributed by atoms with van der Waals surface area (Å²) in [4.78, 5) is 24.9. The Kier molecular flexibility index (Phi) is 11.2. The molecule has 0 spiro atoms. The van der Waals surface area contributed by atoms with Crippen LogP contribution in [-0.2, 0) is 23.8 Å². The van der Waals surface area contributed by atoms with Crippen LogP contribution in [0.15, 0.2) is 0 Å². The lowest BCUT2D eigenvalue weighted by Gasteiger charge is -2.22. The Labute approximate surface area is 115 Å². The van der Waals surface area contributed by atoms with E-state index in [2.05, 4.69) is 0 Å². The number of ether oxygens (including phenoxy) is 3. The van der Waals surface area contributed by atoms with Gasteiger partial charge in [0.25, 0.3) is 0 Å². The zero-order valence-corrected chi connectivity index (χ0v) is 12.1. The highest BCUT2D eigenvalue weighted by atomic mass is 16.5. The van der Waals surface area contributed by atoms with E-state index in [1.165, 1.54) is 0 Å². The molecule has 0 aromatic heterocycles. The molecule has 1 amide bonds. The fraction of sp³-hybridized carbons (Fsp3) is 0.846. The molecule has 19 heavy (non-hydrogen) atoms. The van der Waals surface area contributed by atoms with Gasteiger partial charge in [0, 0.05) is 40.3 Å². The third-order valence-corrected chi connectivity index (χ3v) is 2.54. The summed E-state index contributed by atoms with van der Waals surface area (Å²) in [7, 11) is 3.22. The summed E-state index contributed by atoms with van der Waals surface area (Å²) in [5, 5.41) is 0. The van der Waals surface area contributed by atoms with Crippen molar-refractivity contribution in [3.05, 3.63) is 0 Å². The molecule has 0 aromatic carbocycles. The van der Waals surface area contributed by atoms with Gasteiger partial charge in [-0.3, -0.25) is 9.59 Å². The van der Waals surface area contributed by atoms with Gasteiger partial charge in [0.1, 0.15) is 0 Å². The van der Waals surface area contributed by atoms with Crippen LogP contribution in [0, 0.1) is 0 Å². The van der Waals surface area contributed by atoms with Crippen molar-refractivity contribution in [2.24, 2.45) is 0 Å². The van der Waals surface area contributed by atoms with Crippen LogP contribution < -0.4 is 0 Å². The molecular formula is C13H25NO5. The van der Waals surface area contributed by atoms with Crippen LogP contribution in [0.2, 0.25) is 0 Å². The third-order valence-electron chi connectivity index (χ3n) is 2.54. The van der Waals surface area contributed by atoms with Gasteiger partial charge in [-0.05, 0) is 13.3 Å². The molecule has 0 atom stereocenters. The first-order valence-electron chi connectivity index (χ1n) is 6.57. The maximum Gasteiger partial charge on any atom is 0.306 e. The molecule has 0 rings (SSSR count). The number of hydrogen-bond donors (Lipinski definition) is 0. The zero-order chi connectivity index (χ0) is 14.5. The van der Waals surface area contributed by atoms with Gasteiger partial charge >= 0.3 is 5.97 Å². The zero-order valence-electron chi connectivity index (χ0n) is 12.1. The van der Waals surface area contributed by atoms with Crippen molar-refractivity contribution < 1.29 is 23.8 Å². The van der Waals surface area contributed by atoms with Crippen LogP contribution in [0.25, 0.3) is 0 Å². The summed E-state index contributed by atoms with van der Waals surface area (Å²) in [5.41, 5.74) is 0. The second-order valence-corrected chi connectivity index (χ2v) is 4.02.